The van der Waals surface area contributed by atoms with Crippen molar-refractivity contribution in [2.24, 2.45) is 33.6 Å². The summed E-state index contributed by atoms with van der Waals surface area (Å²) in [6.45, 7) is 43.7. The summed E-state index contributed by atoms with van der Waals surface area (Å²) < 4.78 is 12.7. The van der Waals surface area contributed by atoms with E-state index in [1.54, 1.807) is 10.5 Å². The Balaban J connectivity index is 0.000000309. The van der Waals surface area contributed by atoms with E-state index < -0.39 is 15.7 Å². The Bertz CT molecular complexity index is 2660. The zero-order valence-corrected chi connectivity index (χ0v) is 59.6. The average Bonchev–Trinajstić information content (AvgIpc) is 1.59. The molecule has 482 valence electrons. The van der Waals surface area contributed by atoms with Crippen LogP contribution in [0.1, 0.15) is 268 Å². The number of thiocyanates is 1. The molecule has 0 radical (unpaired) electrons. The lowest BCUT2D eigenvalue weighted by molar-refractivity contribution is -0.144. The third-order valence-corrected chi connectivity index (χ3v) is 23.7. The standard InChI is InChI=1S/C25H37N3O2S.C20H33N.C17H24BrNO.C6H12.C4H5FO.C2H6/c1-7-20(25(3,4)5)24(30)28-14-8-9-21(28)23(29)27-15-18-10-12-19(13-11-18)22-17(2)31(22,6)16-26;1-6-20(4,5)11-14-21-12-9-18(10-13-21)19-8-7-16(2)17(3)15-19;1-6-11(3)13(5)19-17(20)16-14(12(4)7-2)9-8-10-15(16)18;1-6-4-2-3-5-6;5-4(3-6)1-2-4;1-2/h10-13,17,20-22H,7-9,14-15H2,1-6H3,(H,27,29);7-8,15,18H,6,9-14H2,1-5H3;8-12H,6-7H2,1-5H3;6H,2-5H2,1H3;3H,1-2H2;1-2H3. The molecule has 12 heteroatoms. The number of amides is 3. The number of hydrogen-bond donors (Lipinski definition) is 1. The second-order valence-electron chi connectivity index (χ2n) is 27.4. The van der Waals surface area contributed by atoms with Gasteiger partial charge in [0.05, 0.1) is 5.56 Å². The van der Waals surface area contributed by atoms with Crippen molar-refractivity contribution in [1.82, 2.24) is 15.1 Å². The number of rotatable bonds is 17. The number of benzene rings is 3. The van der Waals surface area contributed by atoms with E-state index >= 15 is 0 Å². The van der Waals surface area contributed by atoms with E-state index in [4.69, 9.17) is 0 Å². The number of piperidine rings is 1. The van der Waals surface area contributed by atoms with Gasteiger partial charge >= 0.3 is 0 Å². The van der Waals surface area contributed by atoms with Crippen LogP contribution in [-0.2, 0) is 20.9 Å². The van der Waals surface area contributed by atoms with Gasteiger partial charge < -0.3 is 15.1 Å². The summed E-state index contributed by atoms with van der Waals surface area (Å²) in [6, 6.07) is 20.9. The first kappa shape index (κ1) is 76.1. The Hall–Kier alpha value is -4.18. The van der Waals surface area contributed by atoms with E-state index in [0.29, 0.717) is 65.5 Å². The van der Waals surface area contributed by atoms with Gasteiger partial charge in [0.25, 0.3) is 5.91 Å². The number of likely N-dealkylation sites (tertiary alicyclic amines) is 2. The van der Waals surface area contributed by atoms with E-state index in [-0.39, 0.29) is 35.1 Å². The molecule has 3 aliphatic heterocycles. The highest BCUT2D eigenvalue weighted by molar-refractivity contribution is 9.10. The predicted molar refractivity (Wildman–Crippen MR) is 368 cm³/mol. The van der Waals surface area contributed by atoms with Gasteiger partial charge in [0.1, 0.15) is 11.4 Å². The number of nitrogens with one attached hydrogen (secondary N) is 1. The highest BCUT2D eigenvalue weighted by atomic mass is 79.9. The lowest BCUT2D eigenvalue weighted by Crippen LogP contribution is -2.49. The van der Waals surface area contributed by atoms with Crippen LogP contribution in [0.25, 0.3) is 0 Å². The summed E-state index contributed by atoms with van der Waals surface area (Å²) in [5.74, 6) is 2.36. The first-order valence-corrected chi connectivity index (χ1v) is 36.2. The molecule has 9 nitrogen and oxygen atoms in total. The number of halogens is 2. The maximum atomic E-state index is 13.1. The molecule has 3 heterocycles. The minimum absolute atomic E-state index is 0.0593. The molecule has 3 amide bonds. The topological polar surface area (TPSA) is 123 Å². The zero-order chi connectivity index (χ0) is 64.7. The molecule has 0 aromatic heterocycles. The molecule has 0 spiro atoms. The minimum atomic E-state index is -1.39. The van der Waals surface area contributed by atoms with Crippen molar-refractivity contribution in [3.63, 3.8) is 0 Å². The summed E-state index contributed by atoms with van der Waals surface area (Å²) in [7, 11) is -1.17. The second-order valence-corrected chi connectivity index (χ2v) is 31.8. The van der Waals surface area contributed by atoms with Crippen molar-refractivity contribution in [3.05, 3.63) is 104 Å². The number of nitrogens with zero attached hydrogens (tertiary/aromatic N) is 4. The van der Waals surface area contributed by atoms with Gasteiger partial charge in [-0.25, -0.2) is 9.38 Å². The summed E-state index contributed by atoms with van der Waals surface area (Å²) in [5.41, 5.74) is 8.38. The van der Waals surface area contributed by atoms with Crippen LogP contribution in [0.3, 0.4) is 0 Å². The number of aliphatic imine (C=N–C) groups is 1. The van der Waals surface area contributed by atoms with Gasteiger partial charge in [-0.3, -0.25) is 19.2 Å². The maximum absolute atomic E-state index is 13.1. The third-order valence-electron chi connectivity index (χ3n) is 19.5. The quantitative estimate of drug-likeness (QED) is 0.0622. The van der Waals surface area contributed by atoms with Crippen LogP contribution >= 0.6 is 26.0 Å². The SMILES string of the molecule is CC.CC1CCCC1.CCC(C(=O)N1CCCC1C(=O)NCc1ccc(C2C(C)S2(C)C#N)cc1)C(C)(C)C.CCC(C)(C)CCN1CCC(c2ccc(C)c(C)c2)CC1.CCC(C)C(C)=NC(=O)c1c(Br)cccc1C(C)CC.O=CC1(F)CC1. The Kier molecular flexibility index (Phi) is 31.7. The number of carbonyl (C=O) groups is 4. The monoisotopic (exact) mass is 1270 g/mol. The van der Waals surface area contributed by atoms with E-state index in [1.165, 1.54) is 87.7 Å². The Morgan fingerprint density at radius 1 is 0.849 bits per heavy atom. The van der Waals surface area contributed by atoms with Gasteiger partial charge in [0, 0.05) is 39.7 Å². The van der Waals surface area contributed by atoms with Crippen LogP contribution < -0.4 is 5.32 Å². The first-order valence-electron chi connectivity index (χ1n) is 33.2. The predicted octanol–water partition coefficient (Wildman–Crippen LogP) is 19.6. The molecule has 8 rings (SSSR count). The van der Waals surface area contributed by atoms with Crippen LogP contribution in [0.2, 0.25) is 0 Å². The van der Waals surface area contributed by atoms with E-state index in [2.05, 4.69) is 170 Å². The molecule has 86 heavy (non-hydrogen) atoms. The van der Waals surface area contributed by atoms with Crippen molar-refractivity contribution >= 4 is 55.7 Å². The van der Waals surface area contributed by atoms with Gasteiger partial charge in [-0.15, -0.1) is 10.0 Å². The summed E-state index contributed by atoms with van der Waals surface area (Å²) >= 11 is 3.50. The highest BCUT2D eigenvalue weighted by Gasteiger charge is 2.55. The van der Waals surface area contributed by atoms with Crippen LogP contribution in [0.15, 0.2) is 70.1 Å². The second kappa shape index (κ2) is 35.9. The molecule has 2 aliphatic carbocycles. The van der Waals surface area contributed by atoms with Crippen molar-refractivity contribution in [1.29, 1.82) is 5.26 Å². The molecule has 7 unspecified atom stereocenters. The lowest BCUT2D eigenvalue weighted by Gasteiger charge is -2.34. The summed E-state index contributed by atoms with van der Waals surface area (Å²) in [6.07, 6.45) is 19.0. The fourth-order valence-electron chi connectivity index (χ4n) is 11.6. The van der Waals surface area contributed by atoms with Gasteiger partial charge in [0.15, 0.2) is 12.0 Å². The molecule has 2 saturated carbocycles. The normalized spacial score (nSPS) is 22.7. The number of hydrogen-bond acceptors (Lipinski definition) is 6. The van der Waals surface area contributed by atoms with Crippen molar-refractivity contribution in [2.45, 2.75) is 262 Å². The number of nitriles is 1. The van der Waals surface area contributed by atoms with Gasteiger partial charge in [-0.05, 0) is 201 Å². The number of alkyl halides is 1. The fraction of sp³-hybridized carbons (Fsp3) is 0.676. The fourth-order valence-corrected chi connectivity index (χ4v) is 15.0. The molecule has 1 N–H and O–H groups in total. The van der Waals surface area contributed by atoms with Gasteiger partial charge in [0.2, 0.25) is 11.8 Å². The molecule has 5 aliphatic rings. The van der Waals surface area contributed by atoms with Crippen LogP contribution in [-0.4, -0.2) is 88.9 Å². The third kappa shape index (κ3) is 23.0. The van der Waals surface area contributed by atoms with E-state index in [0.717, 1.165) is 65.3 Å². The zero-order valence-electron chi connectivity index (χ0n) is 57.2. The molecule has 3 aromatic carbocycles. The average molecular weight is 1270 g/mol. The van der Waals surface area contributed by atoms with Gasteiger partial charge in [-0.2, -0.15) is 5.26 Å². The van der Waals surface area contributed by atoms with Crippen LogP contribution in [0, 0.1) is 53.1 Å². The maximum Gasteiger partial charge on any atom is 0.278 e. The van der Waals surface area contributed by atoms with E-state index in [1.807, 2.05) is 58.0 Å². The molecular formula is C74H117BrFN5O4S. The minimum Gasteiger partial charge on any atom is -0.350 e. The van der Waals surface area contributed by atoms with Crippen molar-refractivity contribution in [3.8, 4) is 5.40 Å². The molecule has 3 aromatic rings. The van der Waals surface area contributed by atoms with Crippen LogP contribution in [0.5, 0.6) is 0 Å². The Morgan fingerprint density at radius 3 is 1.92 bits per heavy atom. The number of aldehydes is 1. The van der Waals surface area contributed by atoms with Crippen LogP contribution in [0.4, 0.5) is 4.39 Å². The highest BCUT2D eigenvalue weighted by Crippen LogP contribution is 2.80. The summed E-state index contributed by atoms with van der Waals surface area (Å²) in [5, 5.41) is 15.8. The Morgan fingerprint density at radius 2 is 1.45 bits per heavy atom. The Labute approximate surface area is 533 Å². The molecule has 7 atom stereocenters. The lowest BCUT2D eigenvalue weighted by atomic mass is 9.78. The van der Waals surface area contributed by atoms with Crippen molar-refractivity contribution < 1.29 is 23.6 Å². The van der Waals surface area contributed by atoms with E-state index in [9.17, 15) is 28.8 Å². The summed E-state index contributed by atoms with van der Waals surface area (Å²) in [4.78, 5) is 56.9. The molecule has 5 fully saturated rings. The first-order chi connectivity index (χ1) is 40.5. The smallest absolute Gasteiger partial charge is 0.278 e. The van der Waals surface area contributed by atoms with Crippen molar-refractivity contribution in [2.75, 3.05) is 32.4 Å². The molecule has 3 saturated heterocycles. The number of aryl methyl sites for hydroxylation is 2. The van der Waals surface area contributed by atoms with Gasteiger partial charge in [-0.1, -0.05) is 191 Å². The molecular weight excluding hydrogens is 1150 g/mol. The largest absolute Gasteiger partial charge is 0.350 e. The number of carbonyl (C=O) groups excluding carboxylic acids is 4. The molecule has 0 bridgehead atoms.